The number of hydrogen-bond acceptors (Lipinski definition) is 2. The lowest BCUT2D eigenvalue weighted by Gasteiger charge is -2.23. The van der Waals surface area contributed by atoms with Crippen molar-refractivity contribution in [3.05, 3.63) is 29.3 Å². The summed E-state index contributed by atoms with van der Waals surface area (Å²) in [6, 6.07) is 7.51. The van der Waals surface area contributed by atoms with Crippen LogP contribution in [0.5, 0.6) is 5.75 Å². The second-order valence-corrected chi connectivity index (χ2v) is 5.58. The zero-order chi connectivity index (χ0) is 12.2. The first kappa shape index (κ1) is 12.0. The molecule has 1 saturated heterocycles. The number of benzene rings is 1. The summed E-state index contributed by atoms with van der Waals surface area (Å²) in [4.78, 5) is 0. The Balaban J connectivity index is 1.58. The molecule has 1 N–H and O–H groups in total. The molecule has 0 aromatic heterocycles. The molecule has 2 heteroatoms. The van der Waals surface area contributed by atoms with Gasteiger partial charge in [-0.1, -0.05) is 18.6 Å². The average Bonchev–Trinajstić information content (AvgIpc) is 2.46. The monoisotopic (exact) mass is 245 g/mol. The maximum atomic E-state index is 5.66. The largest absolute Gasteiger partial charge is 0.493 e. The van der Waals surface area contributed by atoms with Crippen molar-refractivity contribution in [3.63, 3.8) is 0 Å². The van der Waals surface area contributed by atoms with Crippen molar-refractivity contribution in [1.82, 2.24) is 5.32 Å². The summed E-state index contributed by atoms with van der Waals surface area (Å²) in [6.45, 7) is 2.10. The predicted molar refractivity (Wildman–Crippen MR) is 74.2 cm³/mol. The van der Waals surface area contributed by atoms with E-state index in [0.29, 0.717) is 0 Å². The maximum absolute atomic E-state index is 5.66. The molecular formula is C16H23NO. The van der Waals surface area contributed by atoms with E-state index >= 15 is 0 Å². The Morgan fingerprint density at radius 2 is 2.22 bits per heavy atom. The summed E-state index contributed by atoms with van der Waals surface area (Å²) < 4.78 is 5.66. The van der Waals surface area contributed by atoms with Gasteiger partial charge >= 0.3 is 0 Å². The third kappa shape index (κ3) is 2.86. The normalized spacial score (nSPS) is 23.2. The van der Waals surface area contributed by atoms with Crippen molar-refractivity contribution in [1.29, 1.82) is 0 Å². The topological polar surface area (TPSA) is 21.3 Å². The Kier molecular flexibility index (Phi) is 3.84. The second kappa shape index (κ2) is 5.75. The summed E-state index contributed by atoms with van der Waals surface area (Å²) in [5.41, 5.74) is 2.89. The Labute approximate surface area is 110 Å². The van der Waals surface area contributed by atoms with Gasteiger partial charge in [-0.3, -0.25) is 0 Å². The van der Waals surface area contributed by atoms with Gasteiger partial charge in [0.1, 0.15) is 5.75 Å². The number of aryl methyl sites for hydroxylation is 2. The molecule has 0 aliphatic carbocycles. The van der Waals surface area contributed by atoms with Gasteiger partial charge in [-0.25, -0.2) is 0 Å². The molecule has 1 atom stereocenters. The van der Waals surface area contributed by atoms with Crippen LogP contribution in [0, 0.1) is 0 Å². The Bertz CT molecular complexity index is 396. The molecule has 0 amide bonds. The van der Waals surface area contributed by atoms with Gasteiger partial charge in [0.05, 0.1) is 6.61 Å². The standard InChI is InChI=1S/C16H23NO/c1-2-10-17-15(5-1)8-6-13-7-9-16-14(12-13)4-3-11-18-16/h7,9,12,15,17H,1-6,8,10-11H2. The summed E-state index contributed by atoms with van der Waals surface area (Å²) in [7, 11) is 0. The van der Waals surface area contributed by atoms with Crippen LogP contribution < -0.4 is 10.1 Å². The van der Waals surface area contributed by atoms with Gasteiger partial charge in [-0.15, -0.1) is 0 Å². The van der Waals surface area contributed by atoms with E-state index in [1.807, 2.05) is 0 Å². The fourth-order valence-electron chi connectivity index (χ4n) is 3.08. The highest BCUT2D eigenvalue weighted by Gasteiger charge is 2.14. The van der Waals surface area contributed by atoms with Crippen molar-refractivity contribution in [3.8, 4) is 5.75 Å². The molecule has 2 heterocycles. The van der Waals surface area contributed by atoms with Crippen LogP contribution in [0.4, 0.5) is 0 Å². The summed E-state index contributed by atoms with van der Waals surface area (Å²) >= 11 is 0. The highest BCUT2D eigenvalue weighted by molar-refractivity contribution is 5.38. The van der Waals surface area contributed by atoms with Crippen LogP contribution in [0.25, 0.3) is 0 Å². The van der Waals surface area contributed by atoms with Crippen LogP contribution in [-0.4, -0.2) is 19.2 Å². The second-order valence-electron chi connectivity index (χ2n) is 5.58. The van der Waals surface area contributed by atoms with E-state index in [4.69, 9.17) is 4.74 Å². The fraction of sp³-hybridized carbons (Fsp3) is 0.625. The van der Waals surface area contributed by atoms with Gasteiger partial charge in [0.2, 0.25) is 0 Å². The Hall–Kier alpha value is -1.02. The minimum Gasteiger partial charge on any atom is -0.493 e. The van der Waals surface area contributed by atoms with Gasteiger partial charge in [0.25, 0.3) is 0 Å². The van der Waals surface area contributed by atoms with Crippen molar-refractivity contribution in [2.75, 3.05) is 13.2 Å². The van der Waals surface area contributed by atoms with Crippen molar-refractivity contribution >= 4 is 0 Å². The molecule has 98 valence electrons. The van der Waals surface area contributed by atoms with E-state index in [1.54, 1.807) is 0 Å². The minimum atomic E-state index is 0.742. The Morgan fingerprint density at radius 1 is 1.22 bits per heavy atom. The number of hydrogen-bond donors (Lipinski definition) is 1. The van der Waals surface area contributed by atoms with Crippen molar-refractivity contribution < 1.29 is 4.74 Å². The third-order valence-corrected chi connectivity index (χ3v) is 4.17. The molecule has 18 heavy (non-hydrogen) atoms. The first-order chi connectivity index (χ1) is 8.92. The van der Waals surface area contributed by atoms with Gasteiger partial charge < -0.3 is 10.1 Å². The molecule has 0 radical (unpaired) electrons. The number of rotatable bonds is 3. The van der Waals surface area contributed by atoms with E-state index < -0.39 is 0 Å². The number of nitrogens with one attached hydrogen (secondary N) is 1. The Morgan fingerprint density at radius 3 is 3.11 bits per heavy atom. The van der Waals surface area contributed by atoms with E-state index in [2.05, 4.69) is 23.5 Å². The summed E-state index contributed by atoms with van der Waals surface area (Å²) in [6.07, 6.45) is 8.94. The highest BCUT2D eigenvalue weighted by atomic mass is 16.5. The van der Waals surface area contributed by atoms with Crippen molar-refractivity contribution in [2.24, 2.45) is 0 Å². The van der Waals surface area contributed by atoms with Gasteiger partial charge in [-0.05, 0) is 62.3 Å². The van der Waals surface area contributed by atoms with Crippen LogP contribution in [0.3, 0.4) is 0 Å². The predicted octanol–water partition coefficient (Wildman–Crippen LogP) is 3.09. The highest BCUT2D eigenvalue weighted by Crippen LogP contribution is 2.26. The van der Waals surface area contributed by atoms with Crippen LogP contribution in [-0.2, 0) is 12.8 Å². The fourth-order valence-corrected chi connectivity index (χ4v) is 3.08. The molecule has 2 aliphatic rings. The lowest BCUT2D eigenvalue weighted by atomic mass is 9.96. The SMILES string of the molecule is c1cc2c(cc1CCC1CCCCN1)CCCO2. The zero-order valence-electron chi connectivity index (χ0n) is 11.1. The van der Waals surface area contributed by atoms with E-state index in [-0.39, 0.29) is 0 Å². The number of ether oxygens (including phenoxy) is 1. The molecule has 2 nitrogen and oxygen atoms in total. The molecule has 0 saturated carbocycles. The molecule has 1 aromatic rings. The molecule has 3 rings (SSSR count). The quantitative estimate of drug-likeness (QED) is 0.883. The third-order valence-electron chi connectivity index (χ3n) is 4.17. The van der Waals surface area contributed by atoms with E-state index in [1.165, 1.54) is 62.6 Å². The van der Waals surface area contributed by atoms with E-state index in [9.17, 15) is 0 Å². The lowest BCUT2D eigenvalue weighted by molar-refractivity contribution is 0.288. The molecule has 1 unspecified atom stereocenters. The zero-order valence-corrected chi connectivity index (χ0v) is 11.1. The number of piperidine rings is 1. The van der Waals surface area contributed by atoms with Gasteiger partial charge in [-0.2, -0.15) is 0 Å². The first-order valence-electron chi connectivity index (χ1n) is 7.40. The molecule has 0 bridgehead atoms. The average molecular weight is 245 g/mol. The van der Waals surface area contributed by atoms with Gasteiger partial charge in [0.15, 0.2) is 0 Å². The van der Waals surface area contributed by atoms with Crippen LogP contribution in [0.1, 0.15) is 43.2 Å². The van der Waals surface area contributed by atoms with Crippen molar-refractivity contribution in [2.45, 2.75) is 51.0 Å². The minimum absolute atomic E-state index is 0.742. The lowest BCUT2D eigenvalue weighted by Crippen LogP contribution is -2.34. The molecule has 1 fully saturated rings. The van der Waals surface area contributed by atoms with Crippen LogP contribution in [0.15, 0.2) is 18.2 Å². The first-order valence-corrected chi connectivity index (χ1v) is 7.40. The van der Waals surface area contributed by atoms with Crippen LogP contribution in [0.2, 0.25) is 0 Å². The van der Waals surface area contributed by atoms with Gasteiger partial charge in [0, 0.05) is 6.04 Å². The van der Waals surface area contributed by atoms with E-state index in [0.717, 1.165) is 18.4 Å². The summed E-state index contributed by atoms with van der Waals surface area (Å²) in [5.74, 6) is 1.11. The molecular weight excluding hydrogens is 222 g/mol. The number of fused-ring (bicyclic) bond motifs is 1. The van der Waals surface area contributed by atoms with Crippen LogP contribution >= 0.6 is 0 Å². The summed E-state index contributed by atoms with van der Waals surface area (Å²) in [5, 5.41) is 3.63. The smallest absolute Gasteiger partial charge is 0.122 e. The molecule has 1 aromatic carbocycles. The molecule has 0 spiro atoms. The maximum Gasteiger partial charge on any atom is 0.122 e. The molecule has 2 aliphatic heterocycles.